The number of nitrogens with zero attached hydrogens (tertiary/aromatic N) is 5. The molecule has 0 spiro atoms. The summed E-state index contributed by atoms with van der Waals surface area (Å²) in [6, 6.07) is 15.8. The smallest absolute Gasteiger partial charge is 0.259 e. The fourth-order valence-corrected chi connectivity index (χ4v) is 6.20. The van der Waals surface area contributed by atoms with Crippen LogP contribution in [-0.2, 0) is 27.7 Å². The number of fused-ring (bicyclic) bond motifs is 3. The van der Waals surface area contributed by atoms with E-state index < -0.39 is 0 Å². The Hall–Kier alpha value is -2.77. The number of pyridine rings is 1. The summed E-state index contributed by atoms with van der Waals surface area (Å²) in [6.07, 6.45) is 3.87. The highest BCUT2D eigenvalue weighted by Gasteiger charge is 2.19. The molecule has 6 rings (SSSR count). The van der Waals surface area contributed by atoms with Crippen molar-refractivity contribution in [3.63, 3.8) is 0 Å². The van der Waals surface area contributed by atoms with Gasteiger partial charge in [0.05, 0.1) is 21.9 Å². The molecule has 0 bridgehead atoms. The van der Waals surface area contributed by atoms with Crippen LogP contribution in [0.2, 0.25) is 10.0 Å². The Morgan fingerprint density at radius 2 is 1.61 bits per heavy atom. The first-order chi connectivity index (χ1) is 17.8. The van der Waals surface area contributed by atoms with Gasteiger partial charge in [-0.1, -0.05) is 41.8 Å². The first-order valence-electron chi connectivity index (χ1n) is 12.6. The van der Waals surface area contributed by atoms with Crippen LogP contribution in [0.5, 0.6) is 0 Å². The van der Waals surface area contributed by atoms with Crippen molar-refractivity contribution in [2.24, 2.45) is 21.1 Å². The number of likely N-dealkylation sites (tertiary alicyclic amines) is 1. The maximum Gasteiger partial charge on any atom is 0.259 e. The third kappa shape index (κ3) is 4.54. The van der Waals surface area contributed by atoms with Gasteiger partial charge in [-0.15, -0.1) is 12.4 Å². The van der Waals surface area contributed by atoms with Crippen LogP contribution in [0.1, 0.15) is 25.0 Å². The molecule has 0 radical (unpaired) electrons. The van der Waals surface area contributed by atoms with Crippen molar-refractivity contribution in [1.82, 2.24) is 23.8 Å². The third-order valence-corrected chi connectivity index (χ3v) is 8.22. The fourth-order valence-electron chi connectivity index (χ4n) is 5.69. The minimum absolute atomic E-state index is 0. The van der Waals surface area contributed by atoms with Crippen LogP contribution in [0.15, 0.2) is 53.3 Å². The molecule has 0 atom stereocenters. The van der Waals surface area contributed by atoms with Gasteiger partial charge in [-0.05, 0) is 62.3 Å². The molecule has 5 aromatic rings. The molecule has 1 aliphatic heterocycles. The quantitative estimate of drug-likeness (QED) is 0.238. The lowest BCUT2D eigenvalue weighted by atomic mass is 10.0. The molecular formula is C29H30Cl3N5O. The zero-order valence-corrected chi connectivity index (χ0v) is 24.0. The van der Waals surface area contributed by atoms with Gasteiger partial charge in [0.25, 0.3) is 5.56 Å². The fraction of sp³-hybridized carbons (Fsp3) is 0.310. The van der Waals surface area contributed by atoms with Crippen LogP contribution in [0.3, 0.4) is 0 Å². The average Bonchev–Trinajstić information content (AvgIpc) is 3.39. The Labute approximate surface area is 237 Å². The zero-order chi connectivity index (χ0) is 25.8. The molecule has 1 saturated heterocycles. The Morgan fingerprint density at radius 3 is 2.34 bits per heavy atom. The van der Waals surface area contributed by atoms with E-state index in [2.05, 4.69) is 33.7 Å². The maximum atomic E-state index is 13.4. The first-order valence-corrected chi connectivity index (χ1v) is 13.4. The minimum Gasteiger partial charge on any atom is -0.330 e. The van der Waals surface area contributed by atoms with E-state index in [1.807, 2.05) is 38.0 Å². The molecule has 9 heteroatoms. The summed E-state index contributed by atoms with van der Waals surface area (Å²) in [5.41, 5.74) is 6.27. The number of halogens is 3. The summed E-state index contributed by atoms with van der Waals surface area (Å²) >= 11 is 12.6. The van der Waals surface area contributed by atoms with Crippen molar-refractivity contribution in [3.8, 4) is 22.4 Å². The molecular weight excluding hydrogens is 541 g/mol. The van der Waals surface area contributed by atoms with Crippen molar-refractivity contribution < 1.29 is 0 Å². The van der Waals surface area contributed by atoms with E-state index in [0.717, 1.165) is 52.8 Å². The molecule has 2 aromatic carbocycles. The van der Waals surface area contributed by atoms with E-state index in [9.17, 15) is 4.79 Å². The van der Waals surface area contributed by atoms with Crippen molar-refractivity contribution >= 4 is 57.5 Å². The SMILES string of the molecule is Cl.Cn1nc(-c2ccc3c(c2)c2cc(-c4ccc(Cl)cc4Cl)c(=O)n(C)c2n3C)cc1CN1CCCCC1. The van der Waals surface area contributed by atoms with Gasteiger partial charge in [-0.3, -0.25) is 18.9 Å². The number of hydrogen-bond acceptors (Lipinski definition) is 3. The van der Waals surface area contributed by atoms with Gasteiger partial charge in [-0.2, -0.15) is 5.10 Å². The molecule has 38 heavy (non-hydrogen) atoms. The minimum atomic E-state index is -0.102. The lowest BCUT2D eigenvalue weighted by molar-refractivity contribution is 0.216. The van der Waals surface area contributed by atoms with Crippen LogP contribution >= 0.6 is 35.6 Å². The highest BCUT2D eigenvalue weighted by molar-refractivity contribution is 6.36. The molecule has 1 aliphatic rings. The van der Waals surface area contributed by atoms with E-state index in [0.29, 0.717) is 21.2 Å². The second-order valence-electron chi connectivity index (χ2n) is 10.1. The summed E-state index contributed by atoms with van der Waals surface area (Å²) in [4.78, 5) is 15.9. The zero-order valence-electron chi connectivity index (χ0n) is 21.7. The largest absolute Gasteiger partial charge is 0.330 e. The van der Waals surface area contributed by atoms with E-state index in [1.165, 1.54) is 25.0 Å². The first kappa shape index (κ1) is 26.8. The summed E-state index contributed by atoms with van der Waals surface area (Å²) in [5.74, 6) is 0. The summed E-state index contributed by atoms with van der Waals surface area (Å²) < 4.78 is 5.78. The van der Waals surface area contributed by atoms with Crippen LogP contribution in [0, 0.1) is 0 Å². The molecule has 0 saturated carbocycles. The number of rotatable bonds is 4. The van der Waals surface area contributed by atoms with Gasteiger partial charge in [0.1, 0.15) is 5.65 Å². The van der Waals surface area contributed by atoms with E-state index >= 15 is 0 Å². The number of benzene rings is 2. The highest BCUT2D eigenvalue weighted by atomic mass is 35.5. The Kier molecular flexibility index (Phi) is 7.35. The normalized spacial score (nSPS) is 14.3. The molecule has 3 aromatic heterocycles. The molecule has 0 N–H and O–H groups in total. The van der Waals surface area contributed by atoms with Crippen molar-refractivity contribution in [2.75, 3.05) is 13.1 Å². The Morgan fingerprint density at radius 1 is 0.842 bits per heavy atom. The van der Waals surface area contributed by atoms with Crippen LogP contribution in [-0.4, -0.2) is 36.9 Å². The third-order valence-electron chi connectivity index (χ3n) is 7.68. The summed E-state index contributed by atoms with van der Waals surface area (Å²) in [5, 5.41) is 7.91. The van der Waals surface area contributed by atoms with Gasteiger partial charge in [0.2, 0.25) is 0 Å². The van der Waals surface area contributed by atoms with Crippen LogP contribution in [0.4, 0.5) is 0 Å². The lowest BCUT2D eigenvalue weighted by Crippen LogP contribution is -2.29. The predicted molar refractivity (Wildman–Crippen MR) is 160 cm³/mol. The lowest BCUT2D eigenvalue weighted by Gasteiger charge is -2.26. The Bertz CT molecular complexity index is 1730. The molecule has 4 heterocycles. The second kappa shape index (κ2) is 10.4. The monoisotopic (exact) mass is 569 g/mol. The van der Waals surface area contributed by atoms with Gasteiger partial charge in [0.15, 0.2) is 0 Å². The Balaban J connectivity index is 0.00000294. The van der Waals surface area contributed by atoms with Crippen molar-refractivity contribution in [2.45, 2.75) is 25.8 Å². The maximum absolute atomic E-state index is 13.4. The molecule has 1 fully saturated rings. The van der Waals surface area contributed by atoms with Crippen LogP contribution in [0.25, 0.3) is 44.3 Å². The number of hydrogen-bond donors (Lipinski definition) is 0. The average molecular weight is 571 g/mol. The molecule has 198 valence electrons. The predicted octanol–water partition coefficient (Wildman–Crippen LogP) is 6.81. The molecule has 0 amide bonds. The van der Waals surface area contributed by atoms with Crippen LogP contribution < -0.4 is 5.56 Å². The van der Waals surface area contributed by atoms with Crippen molar-refractivity contribution in [1.29, 1.82) is 0 Å². The number of piperidine rings is 1. The van der Waals surface area contributed by atoms with Gasteiger partial charge >= 0.3 is 0 Å². The topological polar surface area (TPSA) is 48.0 Å². The molecule has 0 aliphatic carbocycles. The summed E-state index contributed by atoms with van der Waals surface area (Å²) in [7, 11) is 5.83. The molecule has 0 unspecified atom stereocenters. The van der Waals surface area contributed by atoms with E-state index in [-0.39, 0.29) is 18.0 Å². The van der Waals surface area contributed by atoms with Gasteiger partial charge < -0.3 is 4.57 Å². The standard InChI is InChI=1S/C29H29Cl2N5O.ClH/c1-33-27-10-7-18(26-15-20(35(3)32-26)17-36-11-5-4-6-12-36)13-22(27)23-16-24(29(37)34(2)28(23)33)21-9-8-19(30)14-25(21)31;/h7-10,13-16H,4-6,11-12,17H2,1-3H3;1H. The second-order valence-corrected chi connectivity index (χ2v) is 10.9. The van der Waals surface area contributed by atoms with Gasteiger partial charge in [0, 0.05) is 60.2 Å². The highest BCUT2D eigenvalue weighted by Crippen LogP contribution is 2.35. The summed E-state index contributed by atoms with van der Waals surface area (Å²) in [6.45, 7) is 3.23. The number of aryl methyl sites for hydroxylation is 3. The van der Waals surface area contributed by atoms with Gasteiger partial charge in [-0.25, -0.2) is 0 Å². The van der Waals surface area contributed by atoms with Crippen molar-refractivity contribution in [3.05, 3.63) is 74.6 Å². The van der Waals surface area contributed by atoms with E-state index in [4.69, 9.17) is 28.3 Å². The molecule has 6 nitrogen and oxygen atoms in total. The van der Waals surface area contributed by atoms with E-state index in [1.54, 1.807) is 16.7 Å². The number of aromatic nitrogens is 4.